The normalized spacial score (nSPS) is 10.8. The summed E-state index contributed by atoms with van der Waals surface area (Å²) in [6.07, 6.45) is 2.48. The fourth-order valence-corrected chi connectivity index (χ4v) is 4.81. The number of ketones is 1. The maximum Gasteiger partial charge on any atom is 0.336 e. The van der Waals surface area contributed by atoms with Gasteiger partial charge in [0.05, 0.1) is 18.8 Å². The molecule has 0 aliphatic rings. The summed E-state index contributed by atoms with van der Waals surface area (Å²) < 4.78 is 25.4. The minimum atomic E-state index is -1.15. The van der Waals surface area contributed by atoms with Crippen molar-refractivity contribution in [2.45, 2.75) is 39.5 Å². The van der Waals surface area contributed by atoms with Crippen LogP contribution in [0.2, 0.25) is 0 Å². The van der Waals surface area contributed by atoms with E-state index in [2.05, 4.69) is 0 Å². The van der Waals surface area contributed by atoms with Crippen molar-refractivity contribution in [2.75, 3.05) is 13.2 Å². The Kier molecular flexibility index (Phi) is 9.74. The summed E-state index contributed by atoms with van der Waals surface area (Å²) >= 11 is 0. The molecular weight excluding hydrogens is 523 g/mol. The highest BCUT2D eigenvalue weighted by molar-refractivity contribution is 6.15. The second-order valence-corrected chi connectivity index (χ2v) is 9.56. The van der Waals surface area contributed by atoms with Crippen LogP contribution in [-0.4, -0.2) is 35.2 Å². The standard InChI is InChI=1S/C34H33FO6/c1-3-9-26-27(33(37)28-10-5-6-11-29(28)34(38)39)12-7-13-30(26)40-20-8-21-41-31-19-18-25(32(36)24(31)4-2)22-14-16-23(35)17-15-22/h5-7,10-19,36H,3-4,8-9,20-21H2,1-2H3,(H,38,39). The molecule has 4 aromatic carbocycles. The zero-order valence-corrected chi connectivity index (χ0v) is 23.2. The van der Waals surface area contributed by atoms with E-state index in [4.69, 9.17) is 9.47 Å². The van der Waals surface area contributed by atoms with Crippen LogP contribution in [0.3, 0.4) is 0 Å². The number of phenolic OH excluding ortho intramolecular Hbond substituents is 1. The molecule has 41 heavy (non-hydrogen) atoms. The van der Waals surface area contributed by atoms with Gasteiger partial charge in [0, 0.05) is 34.2 Å². The van der Waals surface area contributed by atoms with Gasteiger partial charge in [0.1, 0.15) is 23.1 Å². The van der Waals surface area contributed by atoms with E-state index in [0.29, 0.717) is 66.2 Å². The highest BCUT2D eigenvalue weighted by Crippen LogP contribution is 2.38. The van der Waals surface area contributed by atoms with Crippen molar-refractivity contribution in [2.24, 2.45) is 0 Å². The number of phenols is 1. The van der Waals surface area contributed by atoms with Crippen molar-refractivity contribution in [3.05, 3.63) is 112 Å². The van der Waals surface area contributed by atoms with Crippen molar-refractivity contribution in [3.8, 4) is 28.4 Å². The zero-order chi connectivity index (χ0) is 29.4. The molecule has 7 heteroatoms. The van der Waals surface area contributed by atoms with Crippen molar-refractivity contribution in [1.29, 1.82) is 0 Å². The predicted molar refractivity (Wildman–Crippen MR) is 156 cm³/mol. The van der Waals surface area contributed by atoms with E-state index < -0.39 is 5.97 Å². The topological polar surface area (TPSA) is 93.1 Å². The first-order valence-electron chi connectivity index (χ1n) is 13.7. The highest BCUT2D eigenvalue weighted by atomic mass is 19.1. The summed E-state index contributed by atoms with van der Waals surface area (Å²) in [4.78, 5) is 25.1. The number of aromatic carboxylic acids is 1. The molecule has 4 rings (SSSR count). The van der Waals surface area contributed by atoms with E-state index in [9.17, 15) is 24.2 Å². The molecule has 0 spiro atoms. The van der Waals surface area contributed by atoms with E-state index in [-0.39, 0.29) is 28.5 Å². The summed E-state index contributed by atoms with van der Waals surface area (Å²) in [5.41, 5.74) is 3.28. The number of hydrogen-bond donors (Lipinski definition) is 2. The van der Waals surface area contributed by atoms with E-state index in [1.165, 1.54) is 24.3 Å². The lowest BCUT2D eigenvalue weighted by atomic mass is 9.93. The molecule has 0 saturated heterocycles. The van der Waals surface area contributed by atoms with E-state index in [0.717, 1.165) is 12.0 Å². The Hall–Kier alpha value is -4.65. The molecule has 2 N–H and O–H groups in total. The number of halogens is 1. The quantitative estimate of drug-likeness (QED) is 0.131. The second kappa shape index (κ2) is 13.6. The molecule has 6 nitrogen and oxygen atoms in total. The Bertz CT molecular complexity index is 1530. The number of carbonyl (C=O) groups excluding carboxylic acids is 1. The Morgan fingerprint density at radius 1 is 0.756 bits per heavy atom. The van der Waals surface area contributed by atoms with Crippen LogP contribution in [0.15, 0.2) is 78.9 Å². The van der Waals surface area contributed by atoms with Crippen LogP contribution in [0.4, 0.5) is 4.39 Å². The molecule has 4 aromatic rings. The third-order valence-corrected chi connectivity index (χ3v) is 6.83. The van der Waals surface area contributed by atoms with Gasteiger partial charge >= 0.3 is 5.97 Å². The lowest BCUT2D eigenvalue weighted by Crippen LogP contribution is -2.13. The number of carboxylic acid groups (broad SMARTS) is 1. The summed E-state index contributed by atoms with van der Waals surface area (Å²) in [5.74, 6) is -0.565. The average Bonchev–Trinajstić information content (AvgIpc) is 2.98. The molecule has 0 atom stereocenters. The first-order chi connectivity index (χ1) is 19.8. The molecule has 0 heterocycles. The molecular formula is C34H33FO6. The number of benzene rings is 4. The Morgan fingerprint density at radius 3 is 2.02 bits per heavy atom. The molecule has 0 aliphatic heterocycles. The Labute approximate surface area is 239 Å². The third kappa shape index (κ3) is 6.74. The van der Waals surface area contributed by atoms with Crippen molar-refractivity contribution in [1.82, 2.24) is 0 Å². The van der Waals surface area contributed by atoms with Gasteiger partial charge < -0.3 is 19.7 Å². The van der Waals surface area contributed by atoms with Gasteiger partial charge in [-0.1, -0.05) is 62.7 Å². The molecule has 0 saturated carbocycles. The van der Waals surface area contributed by atoms with Crippen molar-refractivity contribution < 1.29 is 33.7 Å². The fourth-order valence-electron chi connectivity index (χ4n) is 4.81. The Morgan fingerprint density at radius 2 is 1.39 bits per heavy atom. The van der Waals surface area contributed by atoms with E-state index in [1.54, 1.807) is 42.5 Å². The van der Waals surface area contributed by atoms with Crippen LogP contribution in [0.5, 0.6) is 17.2 Å². The largest absolute Gasteiger partial charge is 0.507 e. The van der Waals surface area contributed by atoms with Gasteiger partial charge in [0.15, 0.2) is 5.78 Å². The number of rotatable bonds is 13. The molecule has 0 radical (unpaired) electrons. The number of hydrogen-bond acceptors (Lipinski definition) is 5. The van der Waals surface area contributed by atoms with Crippen molar-refractivity contribution in [3.63, 3.8) is 0 Å². The lowest BCUT2D eigenvalue weighted by Gasteiger charge is -2.17. The lowest BCUT2D eigenvalue weighted by molar-refractivity contribution is 0.0692. The average molecular weight is 557 g/mol. The molecule has 0 aliphatic carbocycles. The molecule has 0 fully saturated rings. The van der Waals surface area contributed by atoms with Gasteiger partial charge in [0.25, 0.3) is 0 Å². The maximum atomic E-state index is 13.4. The molecule has 0 amide bonds. The second-order valence-electron chi connectivity index (χ2n) is 9.56. The van der Waals surface area contributed by atoms with Crippen molar-refractivity contribution >= 4 is 11.8 Å². The first-order valence-corrected chi connectivity index (χ1v) is 13.7. The first kappa shape index (κ1) is 29.3. The Balaban J connectivity index is 1.43. The van der Waals surface area contributed by atoms with Crippen LogP contribution in [0.25, 0.3) is 11.1 Å². The maximum absolute atomic E-state index is 13.4. The number of carbonyl (C=O) groups is 2. The van der Waals surface area contributed by atoms with Crippen LogP contribution in [0.1, 0.15) is 64.1 Å². The van der Waals surface area contributed by atoms with Gasteiger partial charge in [-0.2, -0.15) is 0 Å². The highest BCUT2D eigenvalue weighted by Gasteiger charge is 2.21. The minimum Gasteiger partial charge on any atom is -0.507 e. The number of ether oxygens (including phenoxy) is 2. The van der Waals surface area contributed by atoms with E-state index >= 15 is 0 Å². The van der Waals surface area contributed by atoms with Gasteiger partial charge in [0.2, 0.25) is 0 Å². The van der Waals surface area contributed by atoms with Crippen LogP contribution >= 0.6 is 0 Å². The summed E-state index contributed by atoms with van der Waals surface area (Å²) in [6, 6.07) is 21.0. The predicted octanol–water partition coefficient (Wildman–Crippen LogP) is 7.49. The number of aromatic hydroxyl groups is 1. The molecule has 0 aromatic heterocycles. The summed E-state index contributed by atoms with van der Waals surface area (Å²) in [6.45, 7) is 4.61. The van der Waals surface area contributed by atoms with Gasteiger partial charge in [-0.25, -0.2) is 9.18 Å². The smallest absolute Gasteiger partial charge is 0.336 e. The molecule has 212 valence electrons. The van der Waals surface area contributed by atoms with Gasteiger partial charge in [-0.05, 0) is 54.8 Å². The monoisotopic (exact) mass is 556 g/mol. The SMILES string of the molecule is CCCc1c(OCCCOc2ccc(-c3ccc(F)cc3)c(O)c2CC)cccc1C(=O)c1ccccc1C(=O)O. The number of carboxylic acids is 1. The van der Waals surface area contributed by atoms with Gasteiger partial charge in [-0.15, -0.1) is 0 Å². The summed E-state index contributed by atoms with van der Waals surface area (Å²) in [5, 5.41) is 20.4. The van der Waals surface area contributed by atoms with Crippen LogP contribution in [0, 0.1) is 5.82 Å². The van der Waals surface area contributed by atoms with Crippen LogP contribution in [-0.2, 0) is 12.8 Å². The minimum absolute atomic E-state index is 0.0356. The zero-order valence-electron chi connectivity index (χ0n) is 23.2. The third-order valence-electron chi connectivity index (χ3n) is 6.83. The molecule has 0 bridgehead atoms. The summed E-state index contributed by atoms with van der Waals surface area (Å²) in [7, 11) is 0. The van der Waals surface area contributed by atoms with Crippen LogP contribution < -0.4 is 9.47 Å². The molecule has 0 unspecified atom stereocenters. The fraction of sp³-hybridized carbons (Fsp3) is 0.235. The van der Waals surface area contributed by atoms with E-state index in [1.807, 2.05) is 26.0 Å². The van der Waals surface area contributed by atoms with Gasteiger partial charge in [-0.3, -0.25) is 4.79 Å².